The van der Waals surface area contributed by atoms with Crippen LogP contribution in [0.2, 0.25) is 0 Å². The number of unbranched alkanes of at least 4 members (excludes halogenated alkanes) is 43. The minimum Gasteiger partial charge on any atom is -0.462 e. The molecule has 19 heteroatoms. The first-order valence-electron chi connectivity index (χ1n) is 42.2. The summed E-state index contributed by atoms with van der Waals surface area (Å²) in [6, 6.07) is 0. The average Bonchev–Trinajstić information content (AvgIpc) is 1.06. The van der Waals surface area contributed by atoms with Gasteiger partial charge in [-0.2, -0.15) is 0 Å². The number of allylic oxidation sites excluding steroid dienone is 4. The fourth-order valence-electron chi connectivity index (χ4n) is 12.3. The van der Waals surface area contributed by atoms with Gasteiger partial charge in [-0.1, -0.05) is 355 Å². The Morgan fingerprint density at radius 2 is 0.578 bits per heavy atom. The van der Waals surface area contributed by atoms with Crippen LogP contribution in [0.25, 0.3) is 0 Å². The van der Waals surface area contributed by atoms with E-state index in [0.717, 1.165) is 127 Å². The van der Waals surface area contributed by atoms with Crippen molar-refractivity contribution in [2.75, 3.05) is 39.6 Å². The van der Waals surface area contributed by atoms with Crippen LogP contribution in [-0.2, 0) is 65.4 Å². The molecule has 0 aliphatic heterocycles. The third-order valence-corrected chi connectivity index (χ3v) is 21.0. The van der Waals surface area contributed by atoms with Crippen molar-refractivity contribution in [1.82, 2.24) is 0 Å². The van der Waals surface area contributed by atoms with Gasteiger partial charge >= 0.3 is 39.5 Å². The SMILES string of the molecule is CCCCCC/C=C\C=C/CCCCCCCC(=O)OC[C@H](COP(=O)(O)OCC(O)COP(=O)(O)OC[C@@H](COC(=O)CCCCCCCCCC(C)C)OC(=O)CCCCCCCCCCCCCCCCCCC(C)C)OC(=O)CCCCCCCCCCCCCCCCC(C)CC. The number of esters is 4. The largest absolute Gasteiger partial charge is 0.472 e. The number of hydrogen-bond donors (Lipinski definition) is 3. The highest BCUT2D eigenvalue weighted by Gasteiger charge is 2.30. The van der Waals surface area contributed by atoms with Crippen molar-refractivity contribution in [2.24, 2.45) is 17.8 Å². The number of hydrogen-bond acceptors (Lipinski definition) is 15. The molecule has 0 aromatic carbocycles. The second-order valence-electron chi connectivity index (χ2n) is 30.4. The summed E-state index contributed by atoms with van der Waals surface area (Å²) in [5, 5.41) is 10.6. The van der Waals surface area contributed by atoms with Gasteiger partial charge in [0, 0.05) is 25.7 Å². The maximum Gasteiger partial charge on any atom is 0.472 e. The van der Waals surface area contributed by atoms with E-state index in [1.807, 2.05) is 0 Å². The molecule has 4 unspecified atom stereocenters. The predicted molar refractivity (Wildman–Crippen MR) is 418 cm³/mol. The van der Waals surface area contributed by atoms with E-state index in [1.165, 1.54) is 193 Å². The highest BCUT2D eigenvalue weighted by atomic mass is 31.2. The van der Waals surface area contributed by atoms with Crippen LogP contribution in [0.15, 0.2) is 24.3 Å². The Kier molecular flexibility index (Phi) is 71.0. The summed E-state index contributed by atoms with van der Waals surface area (Å²) in [6.45, 7) is 11.9. The molecule has 0 bridgehead atoms. The zero-order chi connectivity index (χ0) is 75.1. The topological polar surface area (TPSA) is 237 Å². The van der Waals surface area contributed by atoms with Crippen molar-refractivity contribution in [3.63, 3.8) is 0 Å². The minimum atomic E-state index is -4.97. The summed E-state index contributed by atoms with van der Waals surface area (Å²) in [7, 11) is -9.94. The molecule has 0 rings (SSSR count). The quantitative estimate of drug-likeness (QED) is 0.0169. The maximum absolute atomic E-state index is 13.1. The molecule has 0 aliphatic rings. The van der Waals surface area contributed by atoms with Crippen LogP contribution < -0.4 is 0 Å². The van der Waals surface area contributed by atoms with Crippen molar-refractivity contribution in [2.45, 2.75) is 426 Å². The molecule has 0 saturated heterocycles. The van der Waals surface area contributed by atoms with Crippen molar-refractivity contribution in [1.29, 1.82) is 0 Å². The van der Waals surface area contributed by atoms with Gasteiger partial charge in [-0.3, -0.25) is 37.3 Å². The molecule has 0 fully saturated rings. The Morgan fingerprint density at radius 3 is 0.873 bits per heavy atom. The van der Waals surface area contributed by atoms with Gasteiger partial charge in [0.2, 0.25) is 0 Å². The van der Waals surface area contributed by atoms with E-state index in [4.69, 9.17) is 37.0 Å². The molecular weight excluding hydrogens is 1330 g/mol. The smallest absolute Gasteiger partial charge is 0.462 e. The zero-order valence-corrected chi connectivity index (χ0v) is 68.4. The first kappa shape index (κ1) is 99.5. The molecule has 0 aliphatic carbocycles. The van der Waals surface area contributed by atoms with Crippen LogP contribution >= 0.6 is 15.6 Å². The van der Waals surface area contributed by atoms with Crippen LogP contribution in [-0.4, -0.2) is 96.7 Å². The number of carbonyl (C=O) groups excluding carboxylic acids is 4. The van der Waals surface area contributed by atoms with E-state index in [9.17, 15) is 43.2 Å². The van der Waals surface area contributed by atoms with Gasteiger partial charge < -0.3 is 33.8 Å². The van der Waals surface area contributed by atoms with Crippen LogP contribution in [0.4, 0.5) is 0 Å². The number of phosphoric ester groups is 2. The second kappa shape index (κ2) is 72.7. The normalized spacial score (nSPS) is 14.4. The molecule has 6 atom stereocenters. The first-order chi connectivity index (χ1) is 49.3. The highest BCUT2D eigenvalue weighted by Crippen LogP contribution is 2.45. The molecular formula is C83H158O17P2. The van der Waals surface area contributed by atoms with Gasteiger partial charge in [-0.15, -0.1) is 0 Å². The third kappa shape index (κ3) is 74.4. The molecule has 0 aromatic rings. The summed E-state index contributed by atoms with van der Waals surface area (Å²) in [4.78, 5) is 73.1. The van der Waals surface area contributed by atoms with Gasteiger partial charge in [0.25, 0.3) is 0 Å². The van der Waals surface area contributed by atoms with E-state index in [2.05, 4.69) is 72.8 Å². The number of carbonyl (C=O) groups is 4. The van der Waals surface area contributed by atoms with Crippen LogP contribution in [0, 0.1) is 17.8 Å². The Morgan fingerprint density at radius 1 is 0.324 bits per heavy atom. The molecule has 0 aromatic heterocycles. The van der Waals surface area contributed by atoms with E-state index < -0.39 is 97.5 Å². The van der Waals surface area contributed by atoms with E-state index in [-0.39, 0.29) is 25.7 Å². The van der Waals surface area contributed by atoms with Crippen LogP contribution in [0.3, 0.4) is 0 Å². The Bertz CT molecular complexity index is 2070. The first-order valence-corrected chi connectivity index (χ1v) is 45.2. The fraction of sp³-hybridized carbons (Fsp3) is 0.904. The van der Waals surface area contributed by atoms with Crippen molar-refractivity contribution >= 4 is 39.5 Å². The number of aliphatic hydroxyl groups is 1. The van der Waals surface area contributed by atoms with Crippen LogP contribution in [0.1, 0.15) is 408 Å². The number of rotatable bonds is 79. The Balaban J connectivity index is 5.26. The average molecular weight is 1490 g/mol. The summed E-state index contributed by atoms with van der Waals surface area (Å²) >= 11 is 0. The summed E-state index contributed by atoms with van der Waals surface area (Å²) in [5.41, 5.74) is 0. The molecule has 0 spiro atoms. The lowest BCUT2D eigenvalue weighted by atomic mass is 9.99. The van der Waals surface area contributed by atoms with Gasteiger partial charge in [-0.05, 0) is 69.1 Å². The third-order valence-electron chi connectivity index (χ3n) is 19.1. The maximum atomic E-state index is 13.1. The van der Waals surface area contributed by atoms with Gasteiger partial charge in [-0.25, -0.2) is 9.13 Å². The van der Waals surface area contributed by atoms with E-state index >= 15 is 0 Å². The zero-order valence-electron chi connectivity index (χ0n) is 66.6. The molecule has 602 valence electrons. The monoisotopic (exact) mass is 1490 g/mol. The second-order valence-corrected chi connectivity index (χ2v) is 33.3. The van der Waals surface area contributed by atoms with Crippen molar-refractivity contribution < 1.29 is 80.2 Å². The van der Waals surface area contributed by atoms with E-state index in [0.29, 0.717) is 31.6 Å². The number of phosphoric acid groups is 2. The lowest BCUT2D eigenvalue weighted by Crippen LogP contribution is -2.30. The number of ether oxygens (including phenoxy) is 4. The molecule has 102 heavy (non-hydrogen) atoms. The molecule has 0 heterocycles. The number of aliphatic hydroxyl groups excluding tert-OH is 1. The Hall–Kier alpha value is -2.46. The molecule has 0 amide bonds. The Labute approximate surface area is 624 Å². The predicted octanol–water partition coefficient (Wildman–Crippen LogP) is 24.5. The lowest BCUT2D eigenvalue weighted by Gasteiger charge is -2.21. The van der Waals surface area contributed by atoms with Crippen LogP contribution in [0.5, 0.6) is 0 Å². The minimum absolute atomic E-state index is 0.101. The summed E-state index contributed by atoms with van der Waals surface area (Å²) in [5.74, 6) is 0.215. The standard InChI is InChI=1S/C83H158O17P2/c1-8-10-11-12-13-14-15-16-19-26-31-36-43-50-57-64-80(85)93-70-78(99-82(87)67-60-53-45-38-33-28-23-22-25-30-35-42-49-56-63-76(7)9-2)72-97-101(89,90)95-68-77(84)69-96-102(91,92)98-73-79(71-94-81(86)65-58-51-46-39-41-48-55-62-75(5)6)100-83(88)66-59-52-44-37-32-27-21-18-17-20-24-29-34-40-47-54-61-74(3)4/h14-16,19,74-79,84H,8-13,17-18,20-73H2,1-7H3,(H,89,90)(H,91,92)/b15-14-,19-16-/t76?,77?,78-,79-/m1/s1. The van der Waals surface area contributed by atoms with Gasteiger partial charge in [0.1, 0.15) is 19.3 Å². The highest BCUT2D eigenvalue weighted by molar-refractivity contribution is 7.47. The summed E-state index contributed by atoms with van der Waals surface area (Å²) in [6.07, 6.45) is 64.6. The lowest BCUT2D eigenvalue weighted by molar-refractivity contribution is -0.161. The van der Waals surface area contributed by atoms with Crippen molar-refractivity contribution in [3.05, 3.63) is 24.3 Å². The fourth-order valence-corrected chi connectivity index (χ4v) is 13.8. The summed E-state index contributed by atoms with van der Waals surface area (Å²) < 4.78 is 68.7. The molecule has 3 N–H and O–H groups in total. The van der Waals surface area contributed by atoms with E-state index in [1.54, 1.807) is 0 Å². The molecule has 0 saturated carbocycles. The molecule has 0 radical (unpaired) electrons. The molecule has 17 nitrogen and oxygen atoms in total. The van der Waals surface area contributed by atoms with Crippen molar-refractivity contribution in [3.8, 4) is 0 Å². The van der Waals surface area contributed by atoms with Gasteiger partial charge in [0.05, 0.1) is 26.4 Å². The van der Waals surface area contributed by atoms with Gasteiger partial charge in [0.15, 0.2) is 12.2 Å².